The third-order valence-electron chi connectivity index (χ3n) is 5.03. The van der Waals surface area contributed by atoms with Gasteiger partial charge >= 0.3 is 6.18 Å². The third-order valence-corrected chi connectivity index (χ3v) is 5.81. The van der Waals surface area contributed by atoms with Gasteiger partial charge in [0.05, 0.1) is 34.0 Å². The van der Waals surface area contributed by atoms with Gasteiger partial charge in [-0.15, -0.1) is 0 Å². The van der Waals surface area contributed by atoms with Gasteiger partial charge in [0, 0.05) is 16.8 Å². The molecule has 0 radical (unpaired) electrons. The van der Waals surface area contributed by atoms with Crippen molar-refractivity contribution in [2.45, 2.75) is 19.3 Å². The first-order valence-electron chi connectivity index (χ1n) is 10.4. The molecule has 0 aliphatic rings. The number of nitrogens with zero attached hydrogens (tertiary/aromatic N) is 2. The van der Waals surface area contributed by atoms with Crippen molar-refractivity contribution in [1.29, 1.82) is 0 Å². The molecular weight excluding hydrogens is 538 g/mol. The Bertz CT molecular complexity index is 1380. The summed E-state index contributed by atoms with van der Waals surface area (Å²) >= 11 is 18.2. The number of hydrogen-bond donors (Lipinski definition) is 1. The van der Waals surface area contributed by atoms with Crippen LogP contribution in [-0.2, 0) is 19.3 Å². The van der Waals surface area contributed by atoms with E-state index in [0.29, 0.717) is 27.4 Å². The molecule has 1 N–H and O–H groups in total. The average Bonchev–Trinajstić information content (AvgIpc) is 3.24. The number of ether oxygens (including phenoxy) is 1. The SMILES string of the molecule is O=C(Nc1cnn(Cc2cccc(C(F)(F)F)c2)c1)c1cccc(COc2c(Cl)cc(Cl)cc2Cl)c1. The second kappa shape index (κ2) is 10.8. The van der Waals surface area contributed by atoms with Crippen LogP contribution in [0, 0.1) is 0 Å². The van der Waals surface area contributed by atoms with E-state index in [2.05, 4.69) is 10.4 Å². The van der Waals surface area contributed by atoms with Gasteiger partial charge in [0.25, 0.3) is 5.91 Å². The van der Waals surface area contributed by atoms with E-state index in [9.17, 15) is 18.0 Å². The van der Waals surface area contributed by atoms with Crippen LogP contribution in [0.15, 0.2) is 73.1 Å². The lowest BCUT2D eigenvalue weighted by atomic mass is 10.1. The molecule has 0 saturated heterocycles. The van der Waals surface area contributed by atoms with Crippen LogP contribution in [0.5, 0.6) is 5.75 Å². The number of benzene rings is 3. The number of nitrogens with one attached hydrogen (secondary N) is 1. The largest absolute Gasteiger partial charge is 0.486 e. The van der Waals surface area contributed by atoms with E-state index in [4.69, 9.17) is 39.5 Å². The first-order valence-corrected chi connectivity index (χ1v) is 11.6. The highest BCUT2D eigenvalue weighted by Crippen LogP contribution is 2.36. The van der Waals surface area contributed by atoms with Gasteiger partial charge in [-0.1, -0.05) is 59.1 Å². The van der Waals surface area contributed by atoms with Crippen molar-refractivity contribution in [3.8, 4) is 5.75 Å². The Labute approximate surface area is 219 Å². The highest BCUT2D eigenvalue weighted by atomic mass is 35.5. The first kappa shape index (κ1) is 25.9. The number of carbonyl (C=O) groups excluding carboxylic acids is 1. The average molecular weight is 555 g/mol. The van der Waals surface area contributed by atoms with Gasteiger partial charge < -0.3 is 10.1 Å². The summed E-state index contributed by atoms with van der Waals surface area (Å²) in [5, 5.41) is 7.76. The molecule has 1 heterocycles. The van der Waals surface area contributed by atoms with E-state index in [0.717, 1.165) is 12.1 Å². The molecule has 5 nitrogen and oxygen atoms in total. The van der Waals surface area contributed by atoms with Crippen molar-refractivity contribution in [3.63, 3.8) is 0 Å². The number of rotatable bonds is 7. The number of alkyl halides is 3. The van der Waals surface area contributed by atoms with Crippen LogP contribution in [0.25, 0.3) is 0 Å². The van der Waals surface area contributed by atoms with Gasteiger partial charge in [-0.25, -0.2) is 0 Å². The van der Waals surface area contributed by atoms with Crippen LogP contribution in [-0.4, -0.2) is 15.7 Å². The van der Waals surface area contributed by atoms with Crippen molar-refractivity contribution in [1.82, 2.24) is 9.78 Å². The van der Waals surface area contributed by atoms with Gasteiger partial charge in [0.15, 0.2) is 5.75 Å². The summed E-state index contributed by atoms with van der Waals surface area (Å²) < 4.78 is 46.0. The smallest absolute Gasteiger partial charge is 0.416 e. The van der Waals surface area contributed by atoms with Gasteiger partial charge in [-0.3, -0.25) is 9.48 Å². The fourth-order valence-electron chi connectivity index (χ4n) is 3.38. The molecule has 0 atom stereocenters. The van der Waals surface area contributed by atoms with E-state index in [-0.39, 0.29) is 28.9 Å². The zero-order valence-electron chi connectivity index (χ0n) is 18.3. The summed E-state index contributed by atoms with van der Waals surface area (Å²) in [5.41, 5.74) is 1.16. The van der Waals surface area contributed by atoms with E-state index >= 15 is 0 Å². The fourth-order valence-corrected chi connectivity index (χ4v) is 4.30. The molecule has 4 aromatic rings. The minimum Gasteiger partial charge on any atom is -0.486 e. The number of halogens is 6. The molecular formula is C25H17Cl3F3N3O2. The molecule has 11 heteroatoms. The molecule has 0 unspecified atom stereocenters. The molecule has 1 aromatic heterocycles. The first-order chi connectivity index (χ1) is 17.1. The molecule has 0 fully saturated rings. The van der Waals surface area contributed by atoms with Crippen molar-refractivity contribution < 1.29 is 22.7 Å². The fraction of sp³-hybridized carbons (Fsp3) is 0.120. The molecule has 0 saturated carbocycles. The van der Waals surface area contributed by atoms with Crippen molar-refractivity contribution in [3.05, 3.63) is 110 Å². The van der Waals surface area contributed by atoms with Crippen molar-refractivity contribution in [2.24, 2.45) is 0 Å². The van der Waals surface area contributed by atoms with Crippen LogP contribution in [0.3, 0.4) is 0 Å². The molecule has 3 aromatic carbocycles. The van der Waals surface area contributed by atoms with E-state index < -0.39 is 17.6 Å². The van der Waals surface area contributed by atoms with Crippen LogP contribution in [0.4, 0.5) is 18.9 Å². The van der Waals surface area contributed by atoms with Crippen LogP contribution in [0.1, 0.15) is 27.0 Å². The predicted molar refractivity (Wildman–Crippen MR) is 133 cm³/mol. The van der Waals surface area contributed by atoms with E-state index in [1.807, 2.05) is 0 Å². The summed E-state index contributed by atoms with van der Waals surface area (Å²) in [5.74, 6) is -0.108. The molecule has 0 aliphatic heterocycles. The molecule has 4 rings (SSSR count). The second-order valence-electron chi connectivity index (χ2n) is 7.77. The standard InChI is InChI=1S/C25H17Cl3F3N3O2/c26-19-9-21(27)23(22(28)10-19)36-14-16-4-1-5-17(7-16)24(35)33-20-11-32-34(13-20)12-15-3-2-6-18(8-15)25(29,30)31/h1-11,13H,12,14H2,(H,33,35). The van der Waals surface area contributed by atoms with Gasteiger partial charge in [-0.05, 0) is 47.5 Å². The predicted octanol–water partition coefficient (Wildman–Crippen LogP) is 7.74. The Morgan fingerprint density at radius 3 is 2.39 bits per heavy atom. The highest BCUT2D eigenvalue weighted by molar-refractivity contribution is 6.40. The Kier molecular flexibility index (Phi) is 7.78. The number of amides is 1. The van der Waals surface area contributed by atoms with E-state index in [1.165, 1.54) is 35.3 Å². The molecule has 1 amide bonds. The Hall–Kier alpha value is -3.20. The zero-order chi connectivity index (χ0) is 25.9. The maximum Gasteiger partial charge on any atom is 0.416 e. The highest BCUT2D eigenvalue weighted by Gasteiger charge is 2.30. The monoisotopic (exact) mass is 553 g/mol. The number of anilines is 1. The Morgan fingerprint density at radius 1 is 0.972 bits per heavy atom. The molecule has 0 aliphatic carbocycles. The number of hydrogen-bond acceptors (Lipinski definition) is 3. The van der Waals surface area contributed by atoms with Crippen molar-refractivity contribution in [2.75, 3.05) is 5.32 Å². The van der Waals surface area contributed by atoms with Gasteiger partial charge in [0.1, 0.15) is 6.61 Å². The van der Waals surface area contributed by atoms with Gasteiger partial charge in [-0.2, -0.15) is 18.3 Å². The molecule has 36 heavy (non-hydrogen) atoms. The summed E-state index contributed by atoms with van der Waals surface area (Å²) in [6.45, 7) is 0.222. The maximum atomic E-state index is 12.9. The molecule has 0 spiro atoms. The maximum absolute atomic E-state index is 12.9. The Morgan fingerprint density at radius 2 is 1.67 bits per heavy atom. The summed E-state index contributed by atoms with van der Waals surface area (Å²) in [6, 6.07) is 14.8. The Balaban J connectivity index is 1.39. The number of aromatic nitrogens is 2. The van der Waals surface area contributed by atoms with E-state index in [1.54, 1.807) is 30.3 Å². The quantitative estimate of drug-likeness (QED) is 0.254. The topological polar surface area (TPSA) is 56.2 Å². The second-order valence-corrected chi connectivity index (χ2v) is 9.02. The molecule has 186 valence electrons. The molecule has 0 bridgehead atoms. The van der Waals surface area contributed by atoms with Crippen LogP contribution in [0.2, 0.25) is 15.1 Å². The van der Waals surface area contributed by atoms with Crippen molar-refractivity contribution >= 4 is 46.4 Å². The lowest BCUT2D eigenvalue weighted by Crippen LogP contribution is -2.12. The lowest BCUT2D eigenvalue weighted by Gasteiger charge is -2.11. The van der Waals surface area contributed by atoms with Crippen LogP contribution < -0.4 is 10.1 Å². The van der Waals surface area contributed by atoms with Crippen LogP contribution >= 0.6 is 34.8 Å². The summed E-state index contributed by atoms with van der Waals surface area (Å²) in [7, 11) is 0. The minimum atomic E-state index is -4.42. The third kappa shape index (κ3) is 6.51. The van der Waals surface area contributed by atoms with Gasteiger partial charge in [0.2, 0.25) is 0 Å². The summed E-state index contributed by atoms with van der Waals surface area (Å²) in [6.07, 6.45) is -1.47. The number of carbonyl (C=O) groups is 1. The lowest BCUT2D eigenvalue weighted by molar-refractivity contribution is -0.137. The normalized spacial score (nSPS) is 11.4. The summed E-state index contributed by atoms with van der Waals surface area (Å²) in [4.78, 5) is 12.7. The minimum absolute atomic E-state index is 0.108. The zero-order valence-corrected chi connectivity index (χ0v) is 20.6.